The molecule has 1 heterocycles. The zero-order valence-electron chi connectivity index (χ0n) is 7.54. The highest BCUT2D eigenvalue weighted by Crippen LogP contribution is 2.32. The number of hydrogen-bond acceptors (Lipinski definition) is 5. The van der Waals surface area contributed by atoms with Crippen LogP contribution in [-0.2, 0) is 0 Å². The lowest BCUT2D eigenvalue weighted by atomic mass is 10.2. The van der Waals surface area contributed by atoms with E-state index in [0.717, 1.165) is 6.29 Å². The summed E-state index contributed by atoms with van der Waals surface area (Å²) in [7, 11) is 0. The van der Waals surface area contributed by atoms with E-state index in [9.17, 15) is 9.90 Å². The lowest BCUT2D eigenvalue weighted by molar-refractivity contribution is 0.112. The fourth-order valence-electron chi connectivity index (χ4n) is 1.13. The number of thiazole rings is 1. The van der Waals surface area contributed by atoms with Crippen molar-refractivity contribution in [3.8, 4) is 22.1 Å². The molecule has 0 spiro atoms. The highest BCUT2D eigenvalue weighted by Gasteiger charge is 2.06. The number of nitrogens with zero attached hydrogens (tertiary/aromatic N) is 1. The Morgan fingerprint density at radius 3 is 2.67 bits per heavy atom. The number of aromatic hydroxyl groups is 2. The molecule has 2 N–H and O–H groups in total. The Labute approximate surface area is 89.5 Å². The number of carbonyl (C=O) groups excluding carboxylic acids is 1. The van der Waals surface area contributed by atoms with E-state index in [1.807, 2.05) is 0 Å². The van der Waals surface area contributed by atoms with Crippen molar-refractivity contribution in [2.45, 2.75) is 0 Å². The van der Waals surface area contributed by atoms with Crippen LogP contribution in [0.15, 0.2) is 24.4 Å². The van der Waals surface area contributed by atoms with E-state index in [2.05, 4.69) is 4.98 Å². The molecule has 2 aromatic rings. The van der Waals surface area contributed by atoms with Crippen LogP contribution in [0.4, 0.5) is 0 Å². The Kier molecular flexibility index (Phi) is 2.39. The molecular weight excluding hydrogens is 214 g/mol. The summed E-state index contributed by atoms with van der Waals surface area (Å²) in [6.07, 6.45) is 2.19. The molecule has 15 heavy (non-hydrogen) atoms. The van der Waals surface area contributed by atoms with Crippen LogP contribution in [0.2, 0.25) is 0 Å². The first-order chi connectivity index (χ1) is 7.20. The maximum atomic E-state index is 10.5. The van der Waals surface area contributed by atoms with Crippen LogP contribution in [0.25, 0.3) is 10.6 Å². The van der Waals surface area contributed by atoms with Gasteiger partial charge >= 0.3 is 0 Å². The van der Waals surface area contributed by atoms with Crippen LogP contribution in [0.5, 0.6) is 11.5 Å². The fourth-order valence-corrected chi connectivity index (χ4v) is 1.86. The molecule has 0 aliphatic rings. The highest BCUT2D eigenvalue weighted by molar-refractivity contribution is 7.16. The van der Waals surface area contributed by atoms with Gasteiger partial charge in [-0.1, -0.05) is 0 Å². The van der Waals surface area contributed by atoms with Gasteiger partial charge in [0.25, 0.3) is 0 Å². The second-order valence-corrected chi connectivity index (χ2v) is 3.95. The summed E-state index contributed by atoms with van der Waals surface area (Å²) in [6.45, 7) is 0. The van der Waals surface area contributed by atoms with Gasteiger partial charge in [0.1, 0.15) is 5.01 Å². The molecule has 0 amide bonds. The monoisotopic (exact) mass is 221 g/mol. The van der Waals surface area contributed by atoms with Gasteiger partial charge in [0.05, 0.1) is 4.88 Å². The van der Waals surface area contributed by atoms with Gasteiger partial charge in [-0.25, -0.2) is 4.98 Å². The van der Waals surface area contributed by atoms with Crippen molar-refractivity contribution >= 4 is 17.6 Å². The van der Waals surface area contributed by atoms with Crippen LogP contribution in [-0.4, -0.2) is 21.5 Å². The van der Waals surface area contributed by atoms with Gasteiger partial charge in [0.2, 0.25) is 0 Å². The van der Waals surface area contributed by atoms with Gasteiger partial charge in [0, 0.05) is 11.8 Å². The number of phenolic OH excluding ortho intramolecular Hbond substituents is 2. The quantitative estimate of drug-likeness (QED) is 0.601. The third kappa shape index (κ3) is 1.82. The van der Waals surface area contributed by atoms with Crippen molar-refractivity contribution in [2.75, 3.05) is 0 Å². The van der Waals surface area contributed by atoms with Crippen LogP contribution in [0, 0.1) is 0 Å². The Morgan fingerprint density at radius 2 is 2.07 bits per heavy atom. The average Bonchev–Trinajstić information content (AvgIpc) is 2.70. The van der Waals surface area contributed by atoms with Crippen LogP contribution in [0.1, 0.15) is 9.67 Å². The molecule has 0 unspecified atom stereocenters. The Morgan fingerprint density at radius 1 is 1.27 bits per heavy atom. The highest BCUT2D eigenvalue weighted by atomic mass is 32.1. The summed E-state index contributed by atoms with van der Waals surface area (Å²) < 4.78 is 0. The molecule has 5 heteroatoms. The molecule has 0 aliphatic heterocycles. The maximum absolute atomic E-state index is 10.5. The molecule has 0 saturated carbocycles. The van der Waals surface area contributed by atoms with Crippen molar-refractivity contribution in [1.29, 1.82) is 0 Å². The first-order valence-electron chi connectivity index (χ1n) is 4.14. The standard InChI is InChI=1S/C10H7NO3S/c12-5-7-4-11-10(15-7)6-1-2-8(13)9(14)3-6/h1-5,13-14H. The Bertz CT molecular complexity index is 507. The molecule has 0 bridgehead atoms. The predicted molar refractivity (Wildman–Crippen MR) is 56.3 cm³/mol. The van der Waals surface area contributed by atoms with Crippen LogP contribution in [0.3, 0.4) is 0 Å². The summed E-state index contributed by atoms with van der Waals surface area (Å²) >= 11 is 1.23. The van der Waals surface area contributed by atoms with Crippen molar-refractivity contribution in [3.63, 3.8) is 0 Å². The Balaban J connectivity index is 2.44. The molecular formula is C10H7NO3S. The summed E-state index contributed by atoms with van der Waals surface area (Å²) in [5.74, 6) is -0.374. The van der Waals surface area contributed by atoms with Gasteiger partial charge in [-0.2, -0.15) is 0 Å². The molecule has 0 fully saturated rings. The van der Waals surface area contributed by atoms with E-state index in [-0.39, 0.29) is 11.5 Å². The minimum absolute atomic E-state index is 0.175. The largest absolute Gasteiger partial charge is 0.504 e. The van der Waals surface area contributed by atoms with Gasteiger partial charge in [-0.15, -0.1) is 11.3 Å². The summed E-state index contributed by atoms with van der Waals surface area (Å²) in [4.78, 5) is 15.0. The molecule has 1 aromatic carbocycles. The molecule has 0 atom stereocenters. The van der Waals surface area contributed by atoms with Crippen molar-refractivity contribution in [1.82, 2.24) is 4.98 Å². The van der Waals surface area contributed by atoms with E-state index in [1.54, 1.807) is 6.07 Å². The number of rotatable bonds is 2. The number of benzene rings is 1. The molecule has 4 nitrogen and oxygen atoms in total. The molecule has 1 aromatic heterocycles. The van der Waals surface area contributed by atoms with E-state index >= 15 is 0 Å². The Hall–Kier alpha value is -1.88. The van der Waals surface area contributed by atoms with E-state index in [0.29, 0.717) is 15.4 Å². The second kappa shape index (κ2) is 3.70. The smallest absolute Gasteiger partial charge is 0.161 e. The number of aromatic nitrogens is 1. The number of phenols is 2. The van der Waals surface area contributed by atoms with Gasteiger partial charge in [0.15, 0.2) is 17.8 Å². The summed E-state index contributed by atoms with van der Waals surface area (Å²) in [5.41, 5.74) is 0.670. The topological polar surface area (TPSA) is 70.4 Å². The number of aldehydes is 1. The van der Waals surface area contributed by atoms with E-state index < -0.39 is 0 Å². The molecule has 0 radical (unpaired) electrons. The molecule has 76 valence electrons. The predicted octanol–water partition coefficient (Wildman–Crippen LogP) is 2.03. The molecule has 2 rings (SSSR count). The number of hydrogen-bond donors (Lipinski definition) is 2. The zero-order chi connectivity index (χ0) is 10.8. The van der Waals surface area contributed by atoms with Crippen molar-refractivity contribution < 1.29 is 15.0 Å². The lowest BCUT2D eigenvalue weighted by Gasteiger charge is -1.99. The van der Waals surface area contributed by atoms with Gasteiger partial charge in [-0.05, 0) is 18.2 Å². The van der Waals surface area contributed by atoms with E-state index in [4.69, 9.17) is 5.11 Å². The fraction of sp³-hybridized carbons (Fsp3) is 0. The van der Waals surface area contributed by atoms with Crippen molar-refractivity contribution in [3.05, 3.63) is 29.3 Å². The second-order valence-electron chi connectivity index (χ2n) is 2.89. The summed E-state index contributed by atoms with van der Waals surface area (Å²) in [6, 6.07) is 4.41. The van der Waals surface area contributed by atoms with E-state index in [1.165, 1.54) is 29.7 Å². The molecule has 0 saturated heterocycles. The van der Waals surface area contributed by atoms with Crippen LogP contribution >= 0.6 is 11.3 Å². The third-order valence-corrected chi connectivity index (χ3v) is 2.83. The average molecular weight is 221 g/mol. The van der Waals surface area contributed by atoms with Gasteiger partial charge < -0.3 is 10.2 Å². The zero-order valence-corrected chi connectivity index (χ0v) is 8.36. The first-order valence-corrected chi connectivity index (χ1v) is 4.95. The van der Waals surface area contributed by atoms with Crippen molar-refractivity contribution in [2.24, 2.45) is 0 Å². The lowest BCUT2D eigenvalue weighted by Crippen LogP contribution is -1.75. The minimum Gasteiger partial charge on any atom is -0.504 e. The minimum atomic E-state index is -0.199. The van der Waals surface area contributed by atoms with Gasteiger partial charge in [-0.3, -0.25) is 4.79 Å². The first kappa shape index (κ1) is 9.67. The third-order valence-electron chi connectivity index (χ3n) is 1.86. The molecule has 0 aliphatic carbocycles. The SMILES string of the molecule is O=Cc1cnc(-c2ccc(O)c(O)c2)s1. The normalized spacial score (nSPS) is 10.1. The summed E-state index contributed by atoms with van der Waals surface area (Å²) in [5, 5.41) is 19.0. The maximum Gasteiger partial charge on any atom is 0.161 e. The van der Waals surface area contributed by atoms with Crippen LogP contribution < -0.4 is 0 Å². The number of carbonyl (C=O) groups is 1.